The van der Waals surface area contributed by atoms with Crippen molar-refractivity contribution in [3.05, 3.63) is 29.8 Å². The number of aliphatic hydroxyl groups is 1. The van der Waals surface area contributed by atoms with Crippen LogP contribution in [0.15, 0.2) is 24.3 Å². The first kappa shape index (κ1) is 38.7. The number of esters is 2. The Balaban J connectivity index is 1.11. The van der Waals surface area contributed by atoms with Gasteiger partial charge in [-0.2, -0.15) is 0 Å². The van der Waals surface area contributed by atoms with Crippen LogP contribution < -0.4 is 4.74 Å². The van der Waals surface area contributed by atoms with Crippen LogP contribution in [0.5, 0.6) is 5.75 Å². The Kier molecular flexibility index (Phi) is 13.7. The second-order valence-corrected chi connectivity index (χ2v) is 17.0. The summed E-state index contributed by atoms with van der Waals surface area (Å²) in [6.07, 6.45) is 10.4. The monoisotopic (exact) mass is 721 g/mol. The first-order chi connectivity index (χ1) is 23.5. The molecule has 0 saturated heterocycles. The smallest absolute Gasteiger partial charge is 0.306 e. The van der Waals surface area contributed by atoms with Crippen LogP contribution in [0.4, 0.5) is 0 Å². The molecule has 4 aliphatic rings. The number of ether oxygens (including phenoxy) is 3. The minimum atomic E-state index is -0.306. The number of carbonyl (C=O) groups excluding carboxylic acids is 2. The third-order valence-corrected chi connectivity index (χ3v) is 14.1. The lowest BCUT2D eigenvalue weighted by Crippen LogP contribution is -2.58. The lowest BCUT2D eigenvalue weighted by atomic mass is 9.43. The molecule has 0 aromatic heterocycles. The minimum Gasteiger partial charge on any atom is -0.497 e. The Morgan fingerprint density at radius 3 is 2.31 bits per heavy atom. The van der Waals surface area contributed by atoms with Gasteiger partial charge in [-0.1, -0.05) is 32.9 Å². The Hall–Kier alpha value is -1.54. The average molecular weight is 723 g/mol. The quantitative estimate of drug-likeness (QED) is 0.136. The van der Waals surface area contributed by atoms with Gasteiger partial charge in [-0.3, -0.25) is 9.59 Å². The molecule has 10 atom stereocenters. The van der Waals surface area contributed by atoms with E-state index in [9.17, 15) is 14.7 Å². The van der Waals surface area contributed by atoms with Crippen molar-refractivity contribution in [1.29, 1.82) is 0 Å². The van der Waals surface area contributed by atoms with Gasteiger partial charge in [-0.15, -0.1) is 23.2 Å². The molecule has 0 amide bonds. The number of methoxy groups -OCH3 is 1. The van der Waals surface area contributed by atoms with E-state index < -0.39 is 0 Å². The van der Waals surface area contributed by atoms with Gasteiger partial charge in [0, 0.05) is 37.7 Å². The van der Waals surface area contributed by atoms with Crippen molar-refractivity contribution < 1.29 is 28.9 Å². The zero-order valence-corrected chi connectivity index (χ0v) is 31.9. The third-order valence-electron chi connectivity index (χ3n) is 13.7. The number of nitrogens with zero attached hydrogens (tertiary/aromatic N) is 1. The summed E-state index contributed by atoms with van der Waals surface area (Å²) in [5, 5.41) is 11.8. The van der Waals surface area contributed by atoms with Crippen molar-refractivity contribution in [2.45, 2.75) is 117 Å². The van der Waals surface area contributed by atoms with E-state index in [2.05, 4.69) is 25.7 Å². The number of carbonyl (C=O) groups is 2. The van der Waals surface area contributed by atoms with Gasteiger partial charge in [0.05, 0.1) is 13.2 Å². The maximum Gasteiger partial charge on any atom is 0.306 e. The molecule has 1 aromatic carbocycles. The van der Waals surface area contributed by atoms with Crippen LogP contribution in [0, 0.1) is 46.3 Å². The van der Waals surface area contributed by atoms with Crippen LogP contribution >= 0.6 is 23.2 Å². The standard InChI is InChI=1S/C40H61Cl2NO6/c1-27(7-14-36(45)48-26-28-8-10-30(47-4)11-9-28)32-12-13-33-38-34(16-18-40(32,33)3)39(2)17-15-31(24-29(39)25-35(38)44)49-37(46)6-5-21-43(22-19-41)23-20-42/h8-11,27,29,31-35,38,44H,5-7,12-26H2,1-4H3/t27-,29?,31-,32-,33+,34+,35-,38+,39+,40-/m1/s1. The Bertz CT molecular complexity index is 1230. The van der Waals surface area contributed by atoms with E-state index in [4.69, 9.17) is 37.4 Å². The molecular weight excluding hydrogens is 661 g/mol. The van der Waals surface area contributed by atoms with Crippen LogP contribution in [0.1, 0.15) is 103 Å². The number of alkyl halides is 2. The number of rotatable bonds is 16. The van der Waals surface area contributed by atoms with Crippen molar-refractivity contribution >= 4 is 35.1 Å². The predicted molar refractivity (Wildman–Crippen MR) is 195 cm³/mol. The highest BCUT2D eigenvalue weighted by Gasteiger charge is 2.63. The van der Waals surface area contributed by atoms with E-state index in [-0.39, 0.29) is 41.6 Å². The largest absolute Gasteiger partial charge is 0.497 e. The number of aliphatic hydroxyl groups excluding tert-OH is 1. The number of benzene rings is 1. The summed E-state index contributed by atoms with van der Waals surface area (Å²) in [6.45, 7) is 9.94. The van der Waals surface area contributed by atoms with Gasteiger partial charge in [-0.05, 0) is 135 Å². The zero-order valence-electron chi connectivity index (χ0n) is 30.3. The zero-order chi connectivity index (χ0) is 35.2. The molecule has 0 spiro atoms. The fourth-order valence-corrected chi connectivity index (χ4v) is 11.5. The topological polar surface area (TPSA) is 85.3 Å². The molecule has 0 bridgehead atoms. The number of halogens is 2. The highest BCUT2D eigenvalue weighted by molar-refractivity contribution is 6.18. The summed E-state index contributed by atoms with van der Waals surface area (Å²) in [5.74, 6) is 4.37. The fraction of sp³-hybridized carbons (Fsp3) is 0.800. The summed E-state index contributed by atoms with van der Waals surface area (Å²) >= 11 is 11.8. The van der Waals surface area contributed by atoms with Gasteiger partial charge in [-0.25, -0.2) is 0 Å². The SMILES string of the molecule is COc1ccc(COC(=O)CC[C@@H](C)[C@H]2CC[C@H]3[C@@H]4[C@H](O)CC5C[C@H](OC(=O)CCCN(CCCl)CCCl)CC[C@]5(C)[C@H]4CC[C@]23C)cc1. The molecule has 1 N–H and O–H groups in total. The summed E-state index contributed by atoms with van der Waals surface area (Å²) < 4.78 is 16.9. The van der Waals surface area contributed by atoms with Gasteiger partial charge in [0.1, 0.15) is 18.5 Å². The molecule has 5 rings (SSSR count). The maximum absolute atomic E-state index is 12.8. The van der Waals surface area contributed by atoms with Crippen LogP contribution in [0.2, 0.25) is 0 Å². The Morgan fingerprint density at radius 2 is 1.61 bits per heavy atom. The molecule has 1 aromatic rings. The van der Waals surface area contributed by atoms with Gasteiger partial charge in [0.15, 0.2) is 0 Å². The molecule has 7 nitrogen and oxygen atoms in total. The van der Waals surface area contributed by atoms with Crippen LogP contribution in [-0.2, 0) is 25.7 Å². The van der Waals surface area contributed by atoms with E-state index in [0.29, 0.717) is 60.1 Å². The number of fused-ring (bicyclic) bond motifs is 5. The van der Waals surface area contributed by atoms with E-state index in [1.54, 1.807) is 7.11 Å². The first-order valence-corrected chi connectivity index (χ1v) is 20.1. The Morgan fingerprint density at radius 1 is 0.918 bits per heavy atom. The fourth-order valence-electron chi connectivity index (χ4n) is 11.0. The molecule has 49 heavy (non-hydrogen) atoms. The van der Waals surface area contributed by atoms with E-state index in [1.165, 1.54) is 19.3 Å². The lowest BCUT2D eigenvalue weighted by molar-refractivity contribution is -0.183. The summed E-state index contributed by atoms with van der Waals surface area (Å²) in [6, 6.07) is 7.63. The summed E-state index contributed by atoms with van der Waals surface area (Å²) in [4.78, 5) is 27.7. The Labute approximate surface area is 305 Å². The van der Waals surface area contributed by atoms with Crippen LogP contribution in [-0.4, -0.2) is 72.7 Å². The van der Waals surface area contributed by atoms with Gasteiger partial charge in [0.2, 0.25) is 0 Å². The lowest BCUT2D eigenvalue weighted by Gasteiger charge is -2.62. The van der Waals surface area contributed by atoms with Crippen LogP contribution in [0.3, 0.4) is 0 Å². The van der Waals surface area contributed by atoms with Gasteiger partial charge < -0.3 is 24.2 Å². The predicted octanol–water partition coefficient (Wildman–Crippen LogP) is 8.26. The molecule has 0 heterocycles. The highest BCUT2D eigenvalue weighted by Crippen LogP contribution is 2.68. The number of hydrogen-bond donors (Lipinski definition) is 1. The second-order valence-electron chi connectivity index (χ2n) is 16.3. The molecular formula is C40H61Cl2NO6. The molecule has 1 unspecified atom stereocenters. The molecule has 0 aliphatic heterocycles. The highest BCUT2D eigenvalue weighted by atomic mass is 35.5. The number of hydrogen-bond acceptors (Lipinski definition) is 7. The molecule has 9 heteroatoms. The third kappa shape index (κ3) is 8.92. The van der Waals surface area contributed by atoms with Gasteiger partial charge >= 0.3 is 11.9 Å². The molecule has 0 radical (unpaired) electrons. The minimum absolute atomic E-state index is 0.0513. The van der Waals surface area contributed by atoms with Crippen molar-refractivity contribution in [1.82, 2.24) is 4.90 Å². The maximum atomic E-state index is 12.8. The first-order valence-electron chi connectivity index (χ1n) is 19.0. The van der Waals surface area contributed by atoms with Gasteiger partial charge in [0.25, 0.3) is 0 Å². The second kappa shape index (κ2) is 17.3. The summed E-state index contributed by atoms with van der Waals surface area (Å²) in [5.41, 5.74) is 1.32. The van der Waals surface area contributed by atoms with E-state index >= 15 is 0 Å². The average Bonchev–Trinajstić information content (AvgIpc) is 3.44. The molecule has 4 fully saturated rings. The van der Waals surface area contributed by atoms with Crippen LogP contribution in [0.25, 0.3) is 0 Å². The molecule has 276 valence electrons. The summed E-state index contributed by atoms with van der Waals surface area (Å²) in [7, 11) is 1.64. The normalized spacial score (nSPS) is 34.4. The van der Waals surface area contributed by atoms with E-state index in [0.717, 1.165) is 75.9 Å². The van der Waals surface area contributed by atoms with Crippen molar-refractivity contribution in [3.63, 3.8) is 0 Å². The van der Waals surface area contributed by atoms with E-state index in [1.807, 2.05) is 24.3 Å². The van der Waals surface area contributed by atoms with Crippen molar-refractivity contribution in [2.24, 2.45) is 46.3 Å². The molecule has 4 aliphatic carbocycles. The van der Waals surface area contributed by atoms with Crippen molar-refractivity contribution in [3.8, 4) is 5.75 Å². The van der Waals surface area contributed by atoms with Crippen molar-refractivity contribution in [2.75, 3.05) is 38.5 Å². The molecule has 4 saturated carbocycles.